The Bertz CT molecular complexity index is 898. The van der Waals surface area contributed by atoms with Crippen molar-refractivity contribution < 1.29 is 65.2 Å². The third-order valence-corrected chi connectivity index (χ3v) is 6.18. The maximum Gasteiger partial charge on any atom is 0.475 e. The van der Waals surface area contributed by atoms with Crippen LogP contribution in [-0.4, -0.2) is 76.9 Å². The van der Waals surface area contributed by atoms with Crippen molar-refractivity contribution in [3.05, 3.63) is 42.5 Å². The van der Waals surface area contributed by atoms with Crippen LogP contribution < -0.4 is 15.4 Å². The largest absolute Gasteiger partial charge is 0.524 e. The minimum Gasteiger partial charge on any atom is -0.524 e. The smallest absolute Gasteiger partial charge is 0.475 e. The minimum atomic E-state index is -4.03. The summed E-state index contributed by atoms with van der Waals surface area (Å²) in [5.41, 5.74) is 0.371. The number of phosphoric ester groups is 1. The SMILES string of the molecule is C=CCOP(=O)(OCCNC(=O)OC(C)(C)C)OCC(COCCC(C)OCc1ccc(OC)cc1)N[C-]=O.[V]. The van der Waals surface area contributed by atoms with Gasteiger partial charge in [0, 0.05) is 37.7 Å². The molecule has 0 saturated carbocycles. The first kappa shape index (κ1) is 38.1. The van der Waals surface area contributed by atoms with Crippen LogP contribution in [-0.2, 0) is 62.3 Å². The van der Waals surface area contributed by atoms with E-state index in [0.717, 1.165) is 11.3 Å². The quantitative estimate of drug-likeness (QED) is 0.0681. The Kier molecular flexibility index (Phi) is 19.9. The molecular formula is C26H42N2O10PV-. The predicted molar refractivity (Wildman–Crippen MR) is 145 cm³/mol. The number of methoxy groups -OCH3 is 1. The van der Waals surface area contributed by atoms with Crippen molar-refractivity contribution >= 4 is 20.3 Å². The fourth-order valence-electron chi connectivity index (χ4n) is 2.80. The second-order valence-electron chi connectivity index (χ2n) is 9.37. The van der Waals surface area contributed by atoms with Gasteiger partial charge < -0.3 is 34.4 Å². The fourth-order valence-corrected chi connectivity index (χ4v) is 3.98. The summed E-state index contributed by atoms with van der Waals surface area (Å²) in [6.45, 7) is 11.0. The van der Waals surface area contributed by atoms with E-state index >= 15 is 0 Å². The first-order valence-electron chi connectivity index (χ1n) is 12.6. The number of rotatable bonds is 21. The van der Waals surface area contributed by atoms with E-state index in [1.165, 1.54) is 6.08 Å². The zero-order chi connectivity index (χ0) is 29.2. The number of amides is 2. The Labute approximate surface area is 249 Å². The van der Waals surface area contributed by atoms with Gasteiger partial charge in [-0.05, 0) is 51.8 Å². The minimum absolute atomic E-state index is 0. The van der Waals surface area contributed by atoms with Crippen molar-refractivity contribution in [2.75, 3.05) is 46.7 Å². The maximum absolute atomic E-state index is 12.9. The van der Waals surface area contributed by atoms with Crippen molar-refractivity contribution in [2.45, 2.75) is 58.5 Å². The van der Waals surface area contributed by atoms with Gasteiger partial charge in [-0.2, -0.15) is 6.41 Å². The average Bonchev–Trinajstić information content (AvgIpc) is 2.89. The molecule has 2 amide bonds. The monoisotopic (exact) mass is 624 g/mol. The number of hydrogen-bond donors (Lipinski definition) is 2. The van der Waals surface area contributed by atoms with Crippen molar-refractivity contribution in [3.63, 3.8) is 0 Å². The molecule has 2 N–H and O–H groups in total. The number of carbonyl (C=O) groups is 1. The van der Waals surface area contributed by atoms with Crippen molar-refractivity contribution in [1.29, 1.82) is 0 Å². The molecule has 0 heterocycles. The van der Waals surface area contributed by atoms with Crippen LogP contribution in [0.3, 0.4) is 0 Å². The fraction of sp³-hybridized carbons (Fsp3) is 0.615. The molecule has 0 saturated heterocycles. The number of ether oxygens (including phenoxy) is 4. The van der Waals surface area contributed by atoms with Gasteiger partial charge >= 0.3 is 13.9 Å². The van der Waals surface area contributed by atoms with Crippen LogP contribution >= 0.6 is 7.82 Å². The Morgan fingerprint density at radius 3 is 2.42 bits per heavy atom. The van der Waals surface area contributed by atoms with Gasteiger partial charge in [0.05, 0.1) is 46.2 Å². The van der Waals surface area contributed by atoms with Gasteiger partial charge in [0.1, 0.15) is 11.4 Å². The molecule has 0 aliphatic heterocycles. The zero-order valence-corrected chi connectivity index (χ0v) is 26.2. The van der Waals surface area contributed by atoms with Crippen LogP contribution in [0.1, 0.15) is 39.7 Å². The van der Waals surface area contributed by atoms with Gasteiger partial charge in [0.2, 0.25) is 0 Å². The van der Waals surface area contributed by atoms with Crippen LogP contribution in [0.25, 0.3) is 0 Å². The number of benzene rings is 1. The van der Waals surface area contributed by atoms with Crippen LogP contribution in [0.2, 0.25) is 0 Å². The van der Waals surface area contributed by atoms with Gasteiger partial charge in [-0.25, -0.2) is 9.36 Å². The first-order valence-corrected chi connectivity index (χ1v) is 14.0. The summed E-state index contributed by atoms with van der Waals surface area (Å²) in [5.74, 6) is 0.783. The second kappa shape index (κ2) is 20.9. The number of phosphoric acid groups is 1. The molecule has 0 bridgehead atoms. The van der Waals surface area contributed by atoms with E-state index < -0.39 is 25.6 Å². The summed E-state index contributed by atoms with van der Waals surface area (Å²) in [6, 6.07) is 6.96. The first-order chi connectivity index (χ1) is 18.5. The molecule has 1 rings (SSSR count). The Balaban J connectivity index is 0.0000152. The third-order valence-electron chi connectivity index (χ3n) is 4.75. The van der Waals surface area contributed by atoms with Gasteiger partial charge in [-0.3, -0.25) is 13.6 Å². The summed E-state index contributed by atoms with van der Waals surface area (Å²) in [5, 5.41) is 4.92. The van der Waals surface area contributed by atoms with Crippen molar-refractivity contribution in [3.8, 4) is 5.75 Å². The molecule has 1 radical (unpaired) electrons. The Morgan fingerprint density at radius 1 is 1.12 bits per heavy atom. The maximum atomic E-state index is 12.9. The molecule has 12 nitrogen and oxygen atoms in total. The van der Waals surface area contributed by atoms with Crippen molar-refractivity contribution in [1.82, 2.24) is 10.6 Å². The Hall–Kier alpha value is -1.89. The van der Waals surface area contributed by atoms with Crippen molar-refractivity contribution in [2.24, 2.45) is 0 Å². The van der Waals surface area contributed by atoms with E-state index in [1.54, 1.807) is 34.3 Å². The third kappa shape index (κ3) is 18.5. The molecule has 1 aromatic carbocycles. The predicted octanol–water partition coefficient (Wildman–Crippen LogP) is 3.90. The molecule has 3 unspecified atom stereocenters. The van der Waals surface area contributed by atoms with Crippen LogP contribution in [0.5, 0.6) is 5.75 Å². The van der Waals surface area contributed by atoms with E-state index in [2.05, 4.69) is 17.2 Å². The number of nitrogens with one attached hydrogen (secondary N) is 2. The summed E-state index contributed by atoms with van der Waals surface area (Å²) in [6.07, 6.45) is 2.87. The average molecular weight is 625 g/mol. The van der Waals surface area contributed by atoms with E-state index in [4.69, 9.17) is 32.5 Å². The van der Waals surface area contributed by atoms with Gasteiger partial charge in [0.15, 0.2) is 0 Å². The molecule has 0 fully saturated rings. The number of hydrogen-bond acceptors (Lipinski definition) is 10. The summed E-state index contributed by atoms with van der Waals surface area (Å²) in [4.78, 5) is 22.6. The number of alkyl carbamates (subject to hydrolysis) is 1. The molecule has 0 spiro atoms. The normalized spacial score (nSPS) is 14.1. The van der Waals surface area contributed by atoms with E-state index in [9.17, 15) is 14.2 Å². The summed E-state index contributed by atoms with van der Waals surface area (Å²) < 4.78 is 50.5. The van der Waals surface area contributed by atoms with E-state index in [1.807, 2.05) is 31.2 Å². The van der Waals surface area contributed by atoms with E-state index in [0.29, 0.717) is 19.6 Å². The molecule has 0 aliphatic carbocycles. The molecule has 1 aromatic rings. The van der Waals surface area contributed by atoms with Crippen LogP contribution in [0.15, 0.2) is 36.9 Å². The molecule has 227 valence electrons. The summed E-state index contributed by atoms with van der Waals surface area (Å²) in [7, 11) is -2.41. The van der Waals surface area contributed by atoms with Gasteiger partial charge in [-0.1, -0.05) is 18.2 Å². The zero-order valence-electron chi connectivity index (χ0n) is 23.9. The molecule has 0 aromatic heterocycles. The Morgan fingerprint density at radius 2 is 1.82 bits per heavy atom. The topological polar surface area (TPSA) is 140 Å². The molecule has 0 aliphatic rings. The molecule has 14 heteroatoms. The standard InChI is InChI=1S/C26H42N2O10P.V/c1-7-14-35-39(31,36-16-13-27-25(30)38-26(3,4)5)37-19-23(28-20-29)18-33-15-12-21(2)34-17-22-8-10-24(32-6)11-9-22;/h7-11,21,23H,1,12-19H2,2-6H3,(H,27,30)(H,28,29);/q-1;. The van der Waals surface area contributed by atoms with Gasteiger partial charge in [0.25, 0.3) is 0 Å². The van der Waals surface area contributed by atoms with Crippen LogP contribution in [0, 0.1) is 0 Å². The van der Waals surface area contributed by atoms with E-state index in [-0.39, 0.29) is 57.6 Å². The molecule has 3 atom stereocenters. The molecule has 40 heavy (non-hydrogen) atoms. The second-order valence-corrected chi connectivity index (χ2v) is 11.0. The summed E-state index contributed by atoms with van der Waals surface area (Å²) >= 11 is 0. The molecular weight excluding hydrogens is 582 g/mol. The van der Waals surface area contributed by atoms with Gasteiger partial charge in [-0.15, -0.1) is 6.58 Å². The number of carbonyl (C=O) groups excluding carboxylic acids is 2. The van der Waals surface area contributed by atoms with Crippen LogP contribution in [0.4, 0.5) is 4.79 Å².